The van der Waals surface area contributed by atoms with Gasteiger partial charge < -0.3 is 4.74 Å². The van der Waals surface area contributed by atoms with Gasteiger partial charge in [0.1, 0.15) is 5.54 Å². The van der Waals surface area contributed by atoms with E-state index in [9.17, 15) is 13.6 Å². The van der Waals surface area contributed by atoms with Crippen LogP contribution in [-0.2, 0) is 10.3 Å². The van der Waals surface area contributed by atoms with Crippen molar-refractivity contribution in [2.45, 2.75) is 24.8 Å². The van der Waals surface area contributed by atoms with E-state index in [1.165, 1.54) is 6.08 Å². The molecule has 0 N–H and O–H groups in total. The number of hydrogen-bond donors (Lipinski definition) is 0. The molecular formula is C12H10ClF2NO2. The quantitative estimate of drug-likeness (QED) is 0.481. The summed E-state index contributed by atoms with van der Waals surface area (Å²) in [7, 11) is 1.15. The molecular weight excluding hydrogens is 264 g/mol. The molecule has 0 aromatic heterocycles. The smallest absolute Gasteiger partial charge is 0.235 e. The van der Waals surface area contributed by atoms with Crippen LogP contribution >= 0.6 is 11.6 Å². The lowest BCUT2D eigenvalue weighted by molar-refractivity contribution is 0.242. The maximum absolute atomic E-state index is 14.1. The number of benzene rings is 1. The molecule has 3 nitrogen and oxygen atoms in total. The Hall–Kier alpha value is -1.45. The van der Waals surface area contributed by atoms with Crippen molar-refractivity contribution >= 4 is 17.7 Å². The van der Waals surface area contributed by atoms with Crippen molar-refractivity contribution in [2.24, 2.45) is 4.99 Å². The average Bonchev–Trinajstić information content (AvgIpc) is 2.30. The molecule has 96 valence electrons. The van der Waals surface area contributed by atoms with E-state index < -0.39 is 22.9 Å². The summed E-state index contributed by atoms with van der Waals surface area (Å²) in [6.45, 7) is 0. The van der Waals surface area contributed by atoms with Gasteiger partial charge in [-0.2, -0.15) is 4.99 Å². The fraction of sp³-hybridized carbons (Fsp3) is 0.417. The van der Waals surface area contributed by atoms with Gasteiger partial charge in [0.05, 0.1) is 12.1 Å². The van der Waals surface area contributed by atoms with E-state index in [4.69, 9.17) is 11.6 Å². The minimum Gasteiger partial charge on any atom is -0.491 e. The Balaban J connectivity index is 2.64. The third-order valence-electron chi connectivity index (χ3n) is 3.26. The zero-order chi connectivity index (χ0) is 13.3. The molecule has 18 heavy (non-hydrogen) atoms. The van der Waals surface area contributed by atoms with Crippen LogP contribution < -0.4 is 4.74 Å². The average molecular weight is 274 g/mol. The molecule has 0 aliphatic heterocycles. The summed E-state index contributed by atoms with van der Waals surface area (Å²) in [6, 6.07) is 1.16. The van der Waals surface area contributed by atoms with E-state index >= 15 is 0 Å². The number of methoxy groups -OCH3 is 1. The van der Waals surface area contributed by atoms with Crippen molar-refractivity contribution in [1.82, 2.24) is 0 Å². The molecule has 0 unspecified atom stereocenters. The second kappa shape index (κ2) is 4.67. The number of aliphatic imine (C=N–C) groups is 1. The van der Waals surface area contributed by atoms with Crippen LogP contribution in [-0.4, -0.2) is 13.2 Å². The summed E-state index contributed by atoms with van der Waals surface area (Å²) in [6.07, 6.45) is 3.25. The molecule has 0 bridgehead atoms. The Bertz CT molecular complexity index is 537. The van der Waals surface area contributed by atoms with E-state index in [-0.39, 0.29) is 10.6 Å². The first-order chi connectivity index (χ1) is 8.55. The first kappa shape index (κ1) is 13.0. The summed E-state index contributed by atoms with van der Waals surface area (Å²) in [5.74, 6) is -2.37. The summed E-state index contributed by atoms with van der Waals surface area (Å²) in [4.78, 5) is 14.1. The number of rotatable bonds is 3. The first-order valence-electron chi connectivity index (χ1n) is 5.37. The molecule has 1 aromatic carbocycles. The molecule has 0 radical (unpaired) electrons. The molecule has 0 heterocycles. The third kappa shape index (κ3) is 1.80. The highest BCUT2D eigenvalue weighted by Gasteiger charge is 2.42. The maximum Gasteiger partial charge on any atom is 0.235 e. The minimum absolute atomic E-state index is 0.0837. The molecule has 1 saturated carbocycles. The lowest BCUT2D eigenvalue weighted by Gasteiger charge is -2.37. The Morgan fingerprint density at radius 1 is 1.44 bits per heavy atom. The molecule has 1 aliphatic rings. The van der Waals surface area contributed by atoms with Gasteiger partial charge >= 0.3 is 0 Å². The van der Waals surface area contributed by atoms with Crippen molar-refractivity contribution in [1.29, 1.82) is 0 Å². The predicted octanol–water partition coefficient (Wildman–Crippen LogP) is 3.34. The SMILES string of the molecule is COc1c(F)c(Cl)cc(C2(N=C=O)CCC2)c1F. The van der Waals surface area contributed by atoms with E-state index in [1.807, 2.05) is 0 Å². The van der Waals surface area contributed by atoms with Gasteiger partial charge in [-0.3, -0.25) is 0 Å². The number of carbonyl (C=O) groups excluding carboxylic acids is 1. The zero-order valence-electron chi connectivity index (χ0n) is 9.60. The molecule has 1 aliphatic carbocycles. The lowest BCUT2D eigenvalue weighted by atomic mass is 9.72. The second-order valence-electron chi connectivity index (χ2n) is 4.16. The molecule has 2 rings (SSSR count). The standard InChI is InChI=1S/C12H10ClF2NO2/c1-18-11-9(14)7(5-8(13)10(11)15)12(16-6-17)3-2-4-12/h5H,2-4H2,1H3. The highest BCUT2D eigenvalue weighted by molar-refractivity contribution is 6.31. The van der Waals surface area contributed by atoms with Crippen LogP contribution in [0, 0.1) is 11.6 Å². The summed E-state index contributed by atoms with van der Waals surface area (Å²) in [5, 5.41) is -0.254. The van der Waals surface area contributed by atoms with Crippen molar-refractivity contribution in [2.75, 3.05) is 7.11 Å². The summed E-state index contributed by atoms with van der Waals surface area (Å²) in [5.41, 5.74) is -0.892. The van der Waals surface area contributed by atoms with Gasteiger partial charge in [0.2, 0.25) is 6.08 Å². The van der Waals surface area contributed by atoms with Gasteiger partial charge in [0, 0.05) is 5.56 Å². The fourth-order valence-electron chi connectivity index (χ4n) is 2.14. The van der Waals surface area contributed by atoms with E-state index in [0.29, 0.717) is 12.8 Å². The third-order valence-corrected chi connectivity index (χ3v) is 3.54. The molecule has 0 atom stereocenters. The normalized spacial score (nSPS) is 16.7. The fourth-order valence-corrected chi connectivity index (χ4v) is 2.33. The Morgan fingerprint density at radius 2 is 2.11 bits per heavy atom. The molecule has 6 heteroatoms. The number of hydrogen-bond acceptors (Lipinski definition) is 3. The Morgan fingerprint density at radius 3 is 2.56 bits per heavy atom. The molecule has 0 spiro atoms. The zero-order valence-corrected chi connectivity index (χ0v) is 10.4. The number of ether oxygens (including phenoxy) is 1. The van der Waals surface area contributed by atoms with Gasteiger partial charge in [-0.05, 0) is 25.3 Å². The maximum atomic E-state index is 14.1. The molecule has 0 saturated heterocycles. The highest BCUT2D eigenvalue weighted by atomic mass is 35.5. The summed E-state index contributed by atoms with van der Waals surface area (Å²) >= 11 is 5.70. The van der Waals surface area contributed by atoms with Crippen LogP contribution in [0.5, 0.6) is 5.75 Å². The van der Waals surface area contributed by atoms with Gasteiger partial charge in [-0.15, -0.1) is 0 Å². The van der Waals surface area contributed by atoms with Gasteiger partial charge in [-0.25, -0.2) is 13.6 Å². The molecule has 1 aromatic rings. The predicted molar refractivity (Wildman–Crippen MR) is 61.6 cm³/mol. The van der Waals surface area contributed by atoms with Crippen LogP contribution in [0.3, 0.4) is 0 Å². The number of nitrogens with zero attached hydrogens (tertiary/aromatic N) is 1. The second-order valence-corrected chi connectivity index (χ2v) is 4.56. The van der Waals surface area contributed by atoms with Crippen molar-refractivity contribution in [3.05, 3.63) is 28.3 Å². The molecule has 0 amide bonds. The first-order valence-corrected chi connectivity index (χ1v) is 5.74. The van der Waals surface area contributed by atoms with E-state index in [1.54, 1.807) is 0 Å². The largest absolute Gasteiger partial charge is 0.491 e. The van der Waals surface area contributed by atoms with Crippen LogP contribution in [0.1, 0.15) is 24.8 Å². The van der Waals surface area contributed by atoms with Gasteiger partial charge in [0.15, 0.2) is 17.4 Å². The van der Waals surface area contributed by atoms with Gasteiger partial charge in [-0.1, -0.05) is 11.6 Å². The Labute approximate surface area is 107 Å². The highest BCUT2D eigenvalue weighted by Crippen LogP contribution is 2.48. The molecule has 1 fully saturated rings. The number of isocyanates is 1. The van der Waals surface area contributed by atoms with E-state index in [2.05, 4.69) is 9.73 Å². The van der Waals surface area contributed by atoms with Gasteiger partial charge in [0.25, 0.3) is 0 Å². The van der Waals surface area contributed by atoms with Crippen LogP contribution in [0.4, 0.5) is 8.78 Å². The minimum atomic E-state index is -0.976. The number of halogens is 3. The van der Waals surface area contributed by atoms with Crippen molar-refractivity contribution in [3.63, 3.8) is 0 Å². The summed E-state index contributed by atoms with van der Waals surface area (Å²) < 4.78 is 32.3. The van der Waals surface area contributed by atoms with E-state index in [0.717, 1.165) is 19.6 Å². The van der Waals surface area contributed by atoms with Crippen LogP contribution in [0.15, 0.2) is 11.1 Å². The Kier molecular flexibility index (Phi) is 3.37. The van der Waals surface area contributed by atoms with Crippen LogP contribution in [0.25, 0.3) is 0 Å². The van der Waals surface area contributed by atoms with Crippen molar-refractivity contribution < 1.29 is 18.3 Å². The van der Waals surface area contributed by atoms with Crippen molar-refractivity contribution in [3.8, 4) is 5.75 Å². The van der Waals surface area contributed by atoms with Crippen LogP contribution in [0.2, 0.25) is 5.02 Å². The monoisotopic (exact) mass is 273 g/mol. The topological polar surface area (TPSA) is 38.7 Å². The lowest BCUT2D eigenvalue weighted by Crippen LogP contribution is -2.33.